The molecule has 0 unspecified atom stereocenters. The number of anilines is 1. The molecule has 1 aromatic heterocycles. The van der Waals surface area contributed by atoms with Crippen LogP contribution < -0.4 is 11.5 Å². The largest absolute Gasteiger partial charge is 0.384 e. The zero-order valence-corrected chi connectivity index (χ0v) is 8.24. The number of rotatable bonds is 2. The maximum Gasteiger partial charge on any atom is 0.138 e. The van der Waals surface area contributed by atoms with Crippen molar-refractivity contribution in [3.8, 4) is 0 Å². The van der Waals surface area contributed by atoms with E-state index in [0.717, 1.165) is 18.7 Å². The van der Waals surface area contributed by atoms with Gasteiger partial charge in [0.2, 0.25) is 0 Å². The summed E-state index contributed by atoms with van der Waals surface area (Å²) >= 11 is 0. The van der Waals surface area contributed by atoms with E-state index < -0.39 is 0 Å². The molecule has 76 valence electrons. The lowest BCUT2D eigenvalue weighted by Gasteiger charge is -2.25. The zero-order chi connectivity index (χ0) is 10.0. The van der Waals surface area contributed by atoms with Gasteiger partial charge >= 0.3 is 0 Å². The summed E-state index contributed by atoms with van der Waals surface area (Å²) in [6, 6.07) is 1.71. The summed E-state index contributed by atoms with van der Waals surface area (Å²) in [7, 11) is 0. The van der Waals surface area contributed by atoms with E-state index in [2.05, 4.69) is 9.97 Å². The summed E-state index contributed by atoms with van der Waals surface area (Å²) in [5.41, 5.74) is 11.5. The van der Waals surface area contributed by atoms with Crippen molar-refractivity contribution >= 4 is 5.82 Å². The summed E-state index contributed by atoms with van der Waals surface area (Å²) < 4.78 is 0. The monoisotopic (exact) mass is 192 g/mol. The van der Waals surface area contributed by atoms with Crippen molar-refractivity contribution in [1.82, 2.24) is 9.97 Å². The molecule has 2 rings (SSSR count). The van der Waals surface area contributed by atoms with Crippen molar-refractivity contribution in [2.24, 2.45) is 5.73 Å². The average Bonchev–Trinajstić information content (AvgIpc) is 2.67. The van der Waals surface area contributed by atoms with Crippen LogP contribution in [-0.4, -0.2) is 16.5 Å². The van der Waals surface area contributed by atoms with E-state index in [0.29, 0.717) is 12.4 Å². The number of nitrogens with two attached hydrogens (primary N) is 2. The van der Waals surface area contributed by atoms with E-state index in [1.54, 1.807) is 12.3 Å². The van der Waals surface area contributed by atoms with Gasteiger partial charge in [0.25, 0.3) is 0 Å². The summed E-state index contributed by atoms with van der Waals surface area (Å²) in [6.07, 6.45) is 6.33. The van der Waals surface area contributed by atoms with Crippen LogP contribution in [0.5, 0.6) is 0 Å². The van der Waals surface area contributed by atoms with Crippen LogP contribution in [0.3, 0.4) is 0 Å². The fourth-order valence-corrected chi connectivity index (χ4v) is 2.20. The topological polar surface area (TPSA) is 77.8 Å². The van der Waals surface area contributed by atoms with E-state index >= 15 is 0 Å². The Morgan fingerprint density at radius 2 is 2.07 bits per heavy atom. The van der Waals surface area contributed by atoms with Gasteiger partial charge in [-0.3, -0.25) is 0 Å². The number of hydrogen-bond donors (Lipinski definition) is 2. The fourth-order valence-electron chi connectivity index (χ4n) is 2.20. The molecule has 1 aliphatic carbocycles. The van der Waals surface area contributed by atoms with Crippen LogP contribution in [0.1, 0.15) is 31.5 Å². The minimum Gasteiger partial charge on any atom is -0.384 e. The van der Waals surface area contributed by atoms with Crippen molar-refractivity contribution in [2.75, 3.05) is 12.3 Å². The van der Waals surface area contributed by atoms with E-state index in [-0.39, 0.29) is 5.41 Å². The van der Waals surface area contributed by atoms with Crippen LogP contribution in [-0.2, 0) is 5.41 Å². The van der Waals surface area contributed by atoms with Crippen LogP contribution in [0.25, 0.3) is 0 Å². The quantitative estimate of drug-likeness (QED) is 0.727. The molecule has 0 atom stereocenters. The molecular weight excluding hydrogens is 176 g/mol. The van der Waals surface area contributed by atoms with E-state index in [4.69, 9.17) is 11.5 Å². The van der Waals surface area contributed by atoms with Crippen LogP contribution in [0.2, 0.25) is 0 Å². The molecule has 4 N–H and O–H groups in total. The molecule has 0 saturated heterocycles. The molecule has 1 fully saturated rings. The lowest BCUT2D eigenvalue weighted by Crippen LogP contribution is -2.34. The Hall–Kier alpha value is -1.16. The van der Waals surface area contributed by atoms with Crippen LogP contribution in [0.15, 0.2) is 12.3 Å². The minimum atomic E-state index is -0.00458. The third-order valence-electron chi connectivity index (χ3n) is 3.10. The molecule has 0 aliphatic heterocycles. The van der Waals surface area contributed by atoms with Crippen molar-refractivity contribution in [2.45, 2.75) is 31.1 Å². The maximum absolute atomic E-state index is 5.83. The minimum absolute atomic E-state index is 0.00458. The molecule has 4 nitrogen and oxygen atoms in total. The third-order valence-corrected chi connectivity index (χ3v) is 3.10. The first kappa shape index (κ1) is 9.40. The van der Waals surface area contributed by atoms with Gasteiger partial charge in [-0.2, -0.15) is 0 Å². The molecule has 0 bridgehead atoms. The third kappa shape index (κ3) is 1.46. The number of nitrogen functional groups attached to an aromatic ring is 1. The standard InChI is InChI=1S/C10H16N4/c11-7-10(4-1-2-5-10)9-13-6-3-8(12)14-9/h3,6H,1-2,4-5,7,11H2,(H2,12,13,14). The van der Waals surface area contributed by atoms with Gasteiger partial charge in [0.15, 0.2) is 0 Å². The highest BCUT2D eigenvalue weighted by molar-refractivity contribution is 5.28. The highest BCUT2D eigenvalue weighted by Crippen LogP contribution is 2.38. The summed E-state index contributed by atoms with van der Waals surface area (Å²) in [6.45, 7) is 0.621. The van der Waals surface area contributed by atoms with Crippen molar-refractivity contribution in [3.63, 3.8) is 0 Å². The fraction of sp³-hybridized carbons (Fsp3) is 0.600. The Morgan fingerprint density at radius 1 is 1.36 bits per heavy atom. The molecule has 0 aromatic carbocycles. The van der Waals surface area contributed by atoms with Gasteiger partial charge in [0, 0.05) is 18.2 Å². The van der Waals surface area contributed by atoms with Crippen LogP contribution >= 0.6 is 0 Å². The summed E-state index contributed by atoms with van der Waals surface area (Å²) in [5.74, 6) is 1.37. The Labute approximate surface area is 83.7 Å². The van der Waals surface area contributed by atoms with Gasteiger partial charge in [0.1, 0.15) is 11.6 Å². The molecule has 1 saturated carbocycles. The Balaban J connectivity index is 2.35. The van der Waals surface area contributed by atoms with Gasteiger partial charge in [-0.25, -0.2) is 9.97 Å². The zero-order valence-electron chi connectivity index (χ0n) is 8.24. The Kier molecular flexibility index (Phi) is 2.37. The first-order valence-electron chi connectivity index (χ1n) is 5.06. The molecule has 1 aromatic rings. The first-order valence-corrected chi connectivity index (χ1v) is 5.06. The van der Waals surface area contributed by atoms with E-state index in [9.17, 15) is 0 Å². The maximum atomic E-state index is 5.83. The number of nitrogens with zero attached hydrogens (tertiary/aromatic N) is 2. The van der Waals surface area contributed by atoms with Gasteiger partial charge in [0.05, 0.1) is 0 Å². The van der Waals surface area contributed by atoms with Crippen LogP contribution in [0.4, 0.5) is 5.82 Å². The molecular formula is C10H16N4. The highest BCUT2D eigenvalue weighted by atomic mass is 15.0. The molecule has 1 heterocycles. The average molecular weight is 192 g/mol. The Bertz CT molecular complexity index is 318. The van der Waals surface area contributed by atoms with Gasteiger partial charge in [-0.1, -0.05) is 12.8 Å². The molecule has 0 spiro atoms. The second-order valence-corrected chi connectivity index (χ2v) is 4.00. The number of aromatic nitrogens is 2. The summed E-state index contributed by atoms with van der Waals surface area (Å²) in [4.78, 5) is 8.58. The molecule has 1 aliphatic rings. The summed E-state index contributed by atoms with van der Waals surface area (Å²) in [5, 5.41) is 0. The van der Waals surface area contributed by atoms with Crippen LogP contribution in [0, 0.1) is 0 Å². The van der Waals surface area contributed by atoms with Gasteiger partial charge < -0.3 is 11.5 Å². The normalized spacial score (nSPS) is 19.8. The highest BCUT2D eigenvalue weighted by Gasteiger charge is 2.36. The second kappa shape index (κ2) is 3.53. The van der Waals surface area contributed by atoms with Crippen molar-refractivity contribution in [1.29, 1.82) is 0 Å². The SMILES string of the molecule is NCC1(c2nccc(N)n2)CCCC1. The van der Waals surface area contributed by atoms with Gasteiger partial charge in [-0.05, 0) is 18.9 Å². The molecule has 4 heteroatoms. The predicted octanol–water partition coefficient (Wildman–Crippen LogP) is 0.829. The second-order valence-electron chi connectivity index (χ2n) is 4.00. The lowest BCUT2D eigenvalue weighted by molar-refractivity contribution is 0.425. The predicted molar refractivity (Wildman–Crippen MR) is 55.6 cm³/mol. The molecule has 14 heavy (non-hydrogen) atoms. The number of hydrogen-bond acceptors (Lipinski definition) is 4. The first-order chi connectivity index (χ1) is 6.77. The molecule has 0 amide bonds. The van der Waals surface area contributed by atoms with Gasteiger partial charge in [-0.15, -0.1) is 0 Å². The van der Waals surface area contributed by atoms with E-state index in [1.165, 1.54) is 12.8 Å². The van der Waals surface area contributed by atoms with Crippen molar-refractivity contribution < 1.29 is 0 Å². The smallest absolute Gasteiger partial charge is 0.138 e. The van der Waals surface area contributed by atoms with Crippen molar-refractivity contribution in [3.05, 3.63) is 18.1 Å². The Morgan fingerprint density at radius 3 is 2.64 bits per heavy atom. The lowest BCUT2D eigenvalue weighted by atomic mass is 9.85. The van der Waals surface area contributed by atoms with E-state index in [1.807, 2.05) is 0 Å². The molecule has 0 radical (unpaired) electrons.